The fourth-order valence-electron chi connectivity index (χ4n) is 2.25. The van der Waals surface area contributed by atoms with Gasteiger partial charge in [0.05, 0.1) is 0 Å². The average Bonchev–Trinajstić information content (AvgIpc) is 2.02. The molecule has 74 valence electrons. The fourth-order valence-corrected chi connectivity index (χ4v) is 2.25. The van der Waals surface area contributed by atoms with Crippen LogP contribution in [-0.2, 0) is 0 Å². The Morgan fingerprint density at radius 1 is 1.38 bits per heavy atom. The smallest absolute Gasteiger partial charge is 0.0104 e. The monoisotopic (exact) mass is 178 g/mol. The van der Waals surface area contributed by atoms with Crippen LogP contribution >= 0.6 is 0 Å². The zero-order valence-corrected chi connectivity index (χ0v) is 9.48. The van der Waals surface area contributed by atoms with Gasteiger partial charge in [-0.2, -0.15) is 0 Å². The molecule has 0 spiro atoms. The quantitative estimate of drug-likeness (QED) is 0.585. The van der Waals surface area contributed by atoms with Crippen LogP contribution in [0.2, 0.25) is 0 Å². The van der Waals surface area contributed by atoms with E-state index >= 15 is 0 Å². The van der Waals surface area contributed by atoms with Crippen molar-refractivity contribution < 1.29 is 0 Å². The van der Waals surface area contributed by atoms with Crippen LogP contribution in [0, 0.1) is 5.41 Å². The Bertz CT molecular complexity index is 228. The molecule has 0 saturated carbocycles. The second kappa shape index (κ2) is 4.13. The Hall–Kier alpha value is -0.520. The van der Waals surface area contributed by atoms with Gasteiger partial charge in [-0.25, -0.2) is 0 Å². The first-order chi connectivity index (χ1) is 6.08. The zero-order chi connectivity index (χ0) is 9.90. The van der Waals surface area contributed by atoms with Crippen LogP contribution in [-0.4, -0.2) is 0 Å². The largest absolute Gasteiger partial charge is 0.0845 e. The van der Waals surface area contributed by atoms with Crippen LogP contribution in [0.5, 0.6) is 0 Å². The Morgan fingerprint density at radius 2 is 2.08 bits per heavy atom. The van der Waals surface area contributed by atoms with Gasteiger partial charge in [-0.1, -0.05) is 38.5 Å². The van der Waals surface area contributed by atoms with Gasteiger partial charge in [-0.05, 0) is 43.6 Å². The standard InChI is InChI=1S/C13H22/c1-5-6-9-12-11(2)8-7-10-13(12,3)4/h6,9H,5,7-8,10H2,1-4H3. The van der Waals surface area contributed by atoms with Gasteiger partial charge in [0.25, 0.3) is 0 Å². The predicted molar refractivity (Wildman–Crippen MR) is 59.8 cm³/mol. The minimum Gasteiger partial charge on any atom is -0.0845 e. The maximum absolute atomic E-state index is 2.37. The minimum absolute atomic E-state index is 0.411. The highest BCUT2D eigenvalue weighted by atomic mass is 14.3. The first-order valence-electron chi connectivity index (χ1n) is 5.44. The van der Waals surface area contributed by atoms with Crippen molar-refractivity contribution in [3.8, 4) is 0 Å². The molecule has 0 heteroatoms. The van der Waals surface area contributed by atoms with E-state index in [4.69, 9.17) is 0 Å². The van der Waals surface area contributed by atoms with Crippen molar-refractivity contribution in [1.82, 2.24) is 0 Å². The minimum atomic E-state index is 0.411. The maximum atomic E-state index is 2.37. The van der Waals surface area contributed by atoms with Crippen LogP contribution in [0.3, 0.4) is 0 Å². The summed E-state index contributed by atoms with van der Waals surface area (Å²) < 4.78 is 0. The normalized spacial score (nSPS) is 22.8. The molecule has 0 aromatic heterocycles. The topological polar surface area (TPSA) is 0 Å². The summed E-state index contributed by atoms with van der Waals surface area (Å²) in [5, 5.41) is 0. The van der Waals surface area contributed by atoms with E-state index < -0.39 is 0 Å². The fraction of sp³-hybridized carbons (Fsp3) is 0.692. The highest BCUT2D eigenvalue weighted by Gasteiger charge is 2.26. The van der Waals surface area contributed by atoms with E-state index in [0.29, 0.717) is 5.41 Å². The lowest BCUT2D eigenvalue weighted by molar-refractivity contribution is 0.376. The Morgan fingerprint density at radius 3 is 2.62 bits per heavy atom. The summed E-state index contributed by atoms with van der Waals surface area (Å²) in [6.07, 6.45) is 9.77. The van der Waals surface area contributed by atoms with E-state index in [1.807, 2.05) is 0 Å². The maximum Gasteiger partial charge on any atom is -0.0104 e. The molecule has 0 fully saturated rings. The second-order valence-electron chi connectivity index (χ2n) is 4.74. The first-order valence-corrected chi connectivity index (χ1v) is 5.44. The summed E-state index contributed by atoms with van der Waals surface area (Å²) in [6.45, 7) is 9.22. The molecular formula is C13H22. The molecule has 0 atom stereocenters. The van der Waals surface area contributed by atoms with Crippen molar-refractivity contribution in [3.05, 3.63) is 23.3 Å². The van der Waals surface area contributed by atoms with Crippen molar-refractivity contribution in [2.45, 2.75) is 53.4 Å². The third-order valence-corrected chi connectivity index (χ3v) is 3.06. The number of hydrogen-bond acceptors (Lipinski definition) is 0. The molecule has 0 heterocycles. The summed E-state index contributed by atoms with van der Waals surface area (Å²) in [7, 11) is 0. The Kier molecular flexibility index (Phi) is 3.35. The lowest BCUT2D eigenvalue weighted by atomic mass is 9.72. The molecule has 0 aromatic carbocycles. The summed E-state index contributed by atoms with van der Waals surface area (Å²) in [5.41, 5.74) is 3.59. The molecule has 0 bridgehead atoms. The van der Waals surface area contributed by atoms with E-state index in [0.717, 1.165) is 6.42 Å². The van der Waals surface area contributed by atoms with E-state index in [9.17, 15) is 0 Å². The molecule has 1 aliphatic carbocycles. The van der Waals surface area contributed by atoms with Gasteiger partial charge in [0.1, 0.15) is 0 Å². The van der Waals surface area contributed by atoms with Crippen LogP contribution in [0.4, 0.5) is 0 Å². The van der Waals surface area contributed by atoms with E-state index in [1.54, 1.807) is 11.1 Å². The molecule has 0 saturated heterocycles. The molecule has 0 amide bonds. The Labute approximate surface area is 82.7 Å². The van der Waals surface area contributed by atoms with Crippen molar-refractivity contribution in [3.63, 3.8) is 0 Å². The van der Waals surface area contributed by atoms with E-state index in [2.05, 4.69) is 39.8 Å². The average molecular weight is 178 g/mol. The van der Waals surface area contributed by atoms with E-state index in [1.165, 1.54) is 19.3 Å². The third-order valence-electron chi connectivity index (χ3n) is 3.06. The van der Waals surface area contributed by atoms with Gasteiger partial charge in [0.2, 0.25) is 0 Å². The van der Waals surface area contributed by atoms with Gasteiger partial charge in [-0.3, -0.25) is 0 Å². The third kappa shape index (κ3) is 2.46. The Balaban J connectivity index is 2.91. The second-order valence-corrected chi connectivity index (χ2v) is 4.74. The molecule has 0 N–H and O–H groups in total. The van der Waals surface area contributed by atoms with Gasteiger partial charge in [0.15, 0.2) is 0 Å². The van der Waals surface area contributed by atoms with Crippen LogP contribution < -0.4 is 0 Å². The SMILES string of the molecule is CCC=CC1=C(C)CCCC1(C)C. The summed E-state index contributed by atoms with van der Waals surface area (Å²) in [6, 6.07) is 0. The van der Waals surface area contributed by atoms with Gasteiger partial charge in [0, 0.05) is 0 Å². The molecule has 0 nitrogen and oxygen atoms in total. The molecule has 1 rings (SSSR count). The molecule has 0 unspecified atom stereocenters. The summed E-state index contributed by atoms with van der Waals surface area (Å²) in [5.74, 6) is 0. The van der Waals surface area contributed by atoms with Gasteiger partial charge < -0.3 is 0 Å². The molecule has 1 aliphatic rings. The molecule has 0 aromatic rings. The highest BCUT2D eigenvalue weighted by Crippen LogP contribution is 2.40. The lowest BCUT2D eigenvalue weighted by Gasteiger charge is -2.32. The molecule has 0 aliphatic heterocycles. The van der Waals surface area contributed by atoms with Crippen molar-refractivity contribution >= 4 is 0 Å². The number of allylic oxidation sites excluding steroid dienone is 4. The van der Waals surface area contributed by atoms with Crippen molar-refractivity contribution in [2.75, 3.05) is 0 Å². The molecular weight excluding hydrogens is 156 g/mol. The number of rotatable bonds is 2. The van der Waals surface area contributed by atoms with Crippen molar-refractivity contribution in [2.24, 2.45) is 5.41 Å². The molecule has 0 radical (unpaired) electrons. The van der Waals surface area contributed by atoms with Crippen molar-refractivity contribution in [1.29, 1.82) is 0 Å². The number of hydrogen-bond donors (Lipinski definition) is 0. The predicted octanol–water partition coefficient (Wildman–Crippen LogP) is 4.48. The molecule has 13 heavy (non-hydrogen) atoms. The van der Waals surface area contributed by atoms with Crippen LogP contribution in [0.1, 0.15) is 53.4 Å². The zero-order valence-electron chi connectivity index (χ0n) is 9.48. The summed E-state index contributed by atoms with van der Waals surface area (Å²) >= 11 is 0. The van der Waals surface area contributed by atoms with Gasteiger partial charge in [-0.15, -0.1) is 0 Å². The van der Waals surface area contributed by atoms with Gasteiger partial charge >= 0.3 is 0 Å². The van der Waals surface area contributed by atoms with Crippen LogP contribution in [0.25, 0.3) is 0 Å². The van der Waals surface area contributed by atoms with Crippen LogP contribution in [0.15, 0.2) is 23.3 Å². The van der Waals surface area contributed by atoms with E-state index in [-0.39, 0.29) is 0 Å². The lowest BCUT2D eigenvalue weighted by Crippen LogP contribution is -2.18. The first kappa shape index (κ1) is 10.6. The summed E-state index contributed by atoms with van der Waals surface area (Å²) in [4.78, 5) is 0. The highest BCUT2D eigenvalue weighted by molar-refractivity contribution is 5.32.